The average Bonchev–Trinajstić information content (AvgIpc) is 2.58. The fourth-order valence-corrected chi connectivity index (χ4v) is 3.49. The molecule has 1 fully saturated rings. The molecule has 1 saturated heterocycles. The predicted octanol–water partition coefficient (Wildman–Crippen LogP) is 3.50. The molecule has 0 unspecified atom stereocenters. The lowest BCUT2D eigenvalue weighted by Crippen LogP contribution is -2.48. The van der Waals surface area contributed by atoms with Crippen molar-refractivity contribution in [2.24, 2.45) is 5.16 Å². The van der Waals surface area contributed by atoms with E-state index in [1.54, 1.807) is 12.1 Å². The van der Waals surface area contributed by atoms with Gasteiger partial charge < -0.3 is 19.2 Å². The first kappa shape index (κ1) is 19.4. The van der Waals surface area contributed by atoms with Gasteiger partial charge in [0.15, 0.2) is 18.1 Å². The van der Waals surface area contributed by atoms with Gasteiger partial charge in [-0.15, -0.1) is 0 Å². The molecule has 0 spiro atoms. The molecular weight excluding hydrogens is 344 g/mol. The van der Waals surface area contributed by atoms with Crippen LogP contribution in [0.15, 0.2) is 17.3 Å². The van der Waals surface area contributed by atoms with Crippen molar-refractivity contribution in [1.29, 1.82) is 0 Å². The first-order valence-electron chi connectivity index (χ1n) is 8.36. The summed E-state index contributed by atoms with van der Waals surface area (Å²) < 4.78 is 10.4. The van der Waals surface area contributed by atoms with Crippen LogP contribution in [-0.4, -0.2) is 49.9 Å². The van der Waals surface area contributed by atoms with Crippen molar-refractivity contribution >= 4 is 23.7 Å². The van der Waals surface area contributed by atoms with E-state index >= 15 is 0 Å². The van der Waals surface area contributed by atoms with E-state index < -0.39 is 0 Å². The minimum atomic E-state index is -0.0772. The number of likely N-dealkylation sites (tertiary alicyclic amines) is 1. The fourth-order valence-electron chi connectivity index (χ4n) is 3.19. The number of oxime groups is 1. The van der Waals surface area contributed by atoms with Gasteiger partial charge in [-0.3, -0.25) is 4.79 Å². The summed E-state index contributed by atoms with van der Waals surface area (Å²) in [5, 5.41) is 4.28. The second-order valence-corrected chi connectivity index (χ2v) is 6.58. The van der Waals surface area contributed by atoms with Crippen LogP contribution in [0.2, 0.25) is 5.02 Å². The highest BCUT2D eigenvalue weighted by Gasteiger charge is 2.28. The molecule has 7 heteroatoms. The highest BCUT2D eigenvalue weighted by molar-refractivity contribution is 6.32. The summed E-state index contributed by atoms with van der Waals surface area (Å²) in [4.78, 5) is 19.4. The van der Waals surface area contributed by atoms with Gasteiger partial charge in [0.2, 0.25) is 0 Å². The minimum absolute atomic E-state index is 0.0396. The summed E-state index contributed by atoms with van der Waals surface area (Å²) >= 11 is 6.14. The minimum Gasteiger partial charge on any atom is -0.493 e. The lowest BCUT2D eigenvalue weighted by molar-refractivity contribution is -0.142. The number of carbonyl (C=O) groups is 1. The maximum atomic E-state index is 12.3. The lowest BCUT2D eigenvalue weighted by atomic mass is 9.97. The first-order chi connectivity index (χ1) is 12.0. The van der Waals surface area contributed by atoms with E-state index in [0.717, 1.165) is 19.3 Å². The van der Waals surface area contributed by atoms with E-state index in [1.807, 2.05) is 4.90 Å². The van der Waals surface area contributed by atoms with Crippen molar-refractivity contribution in [3.8, 4) is 11.5 Å². The zero-order valence-corrected chi connectivity index (χ0v) is 15.9. The third kappa shape index (κ3) is 4.78. The number of hydrogen-bond acceptors (Lipinski definition) is 5. The van der Waals surface area contributed by atoms with Crippen LogP contribution in [-0.2, 0) is 9.63 Å². The number of piperidine rings is 1. The van der Waals surface area contributed by atoms with Crippen LogP contribution >= 0.6 is 11.6 Å². The SMILES string of the molecule is COc1cc(/C=N\OCC(=O)N2[C@H](C)CCC[C@H]2C)cc(Cl)c1OC. The van der Waals surface area contributed by atoms with Gasteiger partial charge in [0, 0.05) is 17.6 Å². The Bertz CT molecular complexity index is 626. The Kier molecular flexibility index (Phi) is 6.93. The molecule has 0 aliphatic carbocycles. The number of benzene rings is 1. The van der Waals surface area contributed by atoms with Crippen LogP contribution in [0.25, 0.3) is 0 Å². The van der Waals surface area contributed by atoms with Crippen LogP contribution in [0.3, 0.4) is 0 Å². The smallest absolute Gasteiger partial charge is 0.263 e. The largest absolute Gasteiger partial charge is 0.493 e. The molecule has 1 aromatic carbocycles. The zero-order chi connectivity index (χ0) is 18.4. The Balaban J connectivity index is 1.95. The molecule has 0 radical (unpaired) electrons. The van der Waals surface area contributed by atoms with Gasteiger partial charge in [-0.25, -0.2) is 0 Å². The van der Waals surface area contributed by atoms with Crippen molar-refractivity contribution in [3.63, 3.8) is 0 Å². The topological polar surface area (TPSA) is 60.4 Å². The van der Waals surface area contributed by atoms with E-state index in [4.69, 9.17) is 25.9 Å². The summed E-state index contributed by atoms with van der Waals surface area (Å²) in [5.41, 5.74) is 0.690. The summed E-state index contributed by atoms with van der Waals surface area (Å²) in [6.45, 7) is 4.07. The van der Waals surface area contributed by atoms with Crippen molar-refractivity contribution in [1.82, 2.24) is 4.90 Å². The summed E-state index contributed by atoms with van der Waals surface area (Å²) in [5.74, 6) is 0.927. The van der Waals surface area contributed by atoms with Gasteiger partial charge in [-0.1, -0.05) is 16.8 Å². The average molecular weight is 369 g/mol. The molecule has 0 aromatic heterocycles. The Labute approximate surface area is 153 Å². The number of halogens is 1. The van der Waals surface area contributed by atoms with Crippen LogP contribution in [0.5, 0.6) is 11.5 Å². The quantitative estimate of drug-likeness (QED) is 0.569. The maximum Gasteiger partial charge on any atom is 0.263 e. The number of amides is 1. The maximum absolute atomic E-state index is 12.3. The Morgan fingerprint density at radius 3 is 2.56 bits per heavy atom. The number of hydrogen-bond donors (Lipinski definition) is 0. The van der Waals surface area contributed by atoms with E-state index in [-0.39, 0.29) is 24.6 Å². The third-order valence-corrected chi connectivity index (χ3v) is 4.68. The Hall–Kier alpha value is -1.95. The van der Waals surface area contributed by atoms with Gasteiger partial charge in [0.05, 0.1) is 25.5 Å². The molecule has 1 amide bonds. The van der Waals surface area contributed by atoms with Crippen LogP contribution in [0.4, 0.5) is 0 Å². The molecule has 0 N–H and O–H groups in total. The Morgan fingerprint density at radius 2 is 1.96 bits per heavy atom. The Morgan fingerprint density at radius 1 is 1.28 bits per heavy atom. The van der Waals surface area contributed by atoms with Gasteiger partial charge in [0.1, 0.15) is 0 Å². The van der Waals surface area contributed by atoms with Crippen LogP contribution < -0.4 is 9.47 Å². The second kappa shape index (κ2) is 8.94. The number of ether oxygens (including phenoxy) is 2. The molecule has 6 nitrogen and oxygen atoms in total. The van der Waals surface area contributed by atoms with Crippen LogP contribution in [0, 0.1) is 0 Å². The summed E-state index contributed by atoms with van der Waals surface area (Å²) in [6, 6.07) is 3.91. The lowest BCUT2D eigenvalue weighted by Gasteiger charge is -2.38. The molecule has 0 bridgehead atoms. The monoisotopic (exact) mass is 368 g/mol. The third-order valence-electron chi connectivity index (χ3n) is 4.40. The van der Waals surface area contributed by atoms with Gasteiger partial charge in [-0.05, 0) is 45.2 Å². The number of carbonyl (C=O) groups excluding carboxylic acids is 1. The van der Waals surface area contributed by atoms with Crippen molar-refractivity contribution in [2.75, 3.05) is 20.8 Å². The second-order valence-electron chi connectivity index (χ2n) is 6.18. The standard InChI is InChI=1S/C18H25ClN2O4/c1-12-6-5-7-13(2)21(12)17(22)11-25-20-10-14-8-15(19)18(24-4)16(9-14)23-3/h8-10,12-13H,5-7,11H2,1-4H3/b20-10-/t12-,13-/m1/s1. The zero-order valence-electron chi connectivity index (χ0n) is 15.1. The molecule has 1 aliphatic heterocycles. The number of methoxy groups -OCH3 is 2. The number of nitrogens with zero attached hydrogens (tertiary/aromatic N) is 2. The first-order valence-corrected chi connectivity index (χ1v) is 8.73. The van der Waals surface area contributed by atoms with Gasteiger partial charge >= 0.3 is 0 Å². The van der Waals surface area contributed by atoms with Crippen molar-refractivity contribution < 1.29 is 19.1 Å². The van der Waals surface area contributed by atoms with Crippen molar-refractivity contribution in [3.05, 3.63) is 22.7 Å². The van der Waals surface area contributed by atoms with E-state index in [0.29, 0.717) is 22.1 Å². The van der Waals surface area contributed by atoms with Gasteiger partial charge in [0.25, 0.3) is 5.91 Å². The number of rotatable bonds is 6. The normalized spacial score (nSPS) is 20.6. The predicted molar refractivity (Wildman–Crippen MR) is 97.7 cm³/mol. The molecule has 1 heterocycles. The molecule has 0 saturated carbocycles. The fraction of sp³-hybridized carbons (Fsp3) is 0.556. The van der Waals surface area contributed by atoms with E-state index in [9.17, 15) is 4.79 Å². The van der Waals surface area contributed by atoms with Gasteiger partial charge in [-0.2, -0.15) is 0 Å². The summed E-state index contributed by atoms with van der Waals surface area (Å²) in [6.07, 6.45) is 4.71. The molecule has 2 atom stereocenters. The molecule has 1 aromatic rings. The molecule has 2 rings (SSSR count). The highest BCUT2D eigenvalue weighted by atomic mass is 35.5. The molecular formula is C18H25ClN2O4. The molecule has 25 heavy (non-hydrogen) atoms. The van der Waals surface area contributed by atoms with Crippen molar-refractivity contribution in [2.45, 2.75) is 45.2 Å². The highest BCUT2D eigenvalue weighted by Crippen LogP contribution is 2.35. The molecule has 138 valence electrons. The van der Waals surface area contributed by atoms with Crippen LogP contribution in [0.1, 0.15) is 38.7 Å². The van der Waals surface area contributed by atoms with E-state index in [1.165, 1.54) is 20.4 Å². The molecule has 1 aliphatic rings. The van der Waals surface area contributed by atoms with E-state index in [2.05, 4.69) is 19.0 Å². The summed E-state index contributed by atoms with van der Waals surface area (Å²) in [7, 11) is 3.06.